The van der Waals surface area contributed by atoms with E-state index in [9.17, 15) is 9.90 Å². The quantitative estimate of drug-likeness (QED) is 0.858. The van der Waals surface area contributed by atoms with Gasteiger partial charge >= 0.3 is 0 Å². The van der Waals surface area contributed by atoms with Gasteiger partial charge in [-0.25, -0.2) is 0 Å². The van der Waals surface area contributed by atoms with Gasteiger partial charge < -0.3 is 10.4 Å². The lowest BCUT2D eigenvalue weighted by Gasteiger charge is -2.46. The number of aromatic hydroxyl groups is 1. The first-order valence-electron chi connectivity index (χ1n) is 10.1. The van der Waals surface area contributed by atoms with Crippen LogP contribution in [0.5, 0.6) is 5.75 Å². The van der Waals surface area contributed by atoms with E-state index in [1.54, 1.807) is 12.1 Å². The lowest BCUT2D eigenvalue weighted by molar-refractivity contribution is 0.0457. The van der Waals surface area contributed by atoms with Gasteiger partial charge in [0, 0.05) is 24.7 Å². The fourth-order valence-electron chi connectivity index (χ4n) is 4.67. The molecule has 142 valence electrons. The van der Waals surface area contributed by atoms with E-state index in [1.165, 1.54) is 19.3 Å². The number of hydrogen-bond acceptors (Lipinski definition) is 3. The molecular weight excluding hydrogens is 336 g/mol. The molecule has 4 rings (SSSR count). The molecule has 2 saturated heterocycles. The van der Waals surface area contributed by atoms with E-state index in [2.05, 4.69) is 17.1 Å². The zero-order valence-corrected chi connectivity index (χ0v) is 15.9. The number of amides is 1. The second-order valence-corrected chi connectivity index (χ2v) is 7.96. The number of carbonyl (C=O) groups is 1. The highest BCUT2D eigenvalue weighted by Gasteiger charge is 2.34. The highest BCUT2D eigenvalue weighted by Crippen LogP contribution is 2.31. The number of nitrogens with one attached hydrogen (secondary N) is 1. The SMILES string of the molecule is C[C@@H]1CCC[C@@H]2C[C@@H](NC(=O)c3cc(-c4ccccc4)ccc3O)CCN21. The molecule has 4 heteroatoms. The van der Waals surface area contributed by atoms with Crippen LogP contribution in [0.25, 0.3) is 11.1 Å². The molecule has 0 aromatic heterocycles. The molecule has 0 radical (unpaired) electrons. The fraction of sp³-hybridized carbons (Fsp3) is 0.435. The second kappa shape index (κ2) is 7.73. The summed E-state index contributed by atoms with van der Waals surface area (Å²) in [5, 5.41) is 13.4. The zero-order valence-electron chi connectivity index (χ0n) is 15.9. The lowest BCUT2D eigenvalue weighted by Crippen LogP contribution is -2.54. The van der Waals surface area contributed by atoms with Crippen molar-refractivity contribution in [1.29, 1.82) is 0 Å². The molecule has 2 aromatic rings. The van der Waals surface area contributed by atoms with Crippen molar-refractivity contribution in [2.75, 3.05) is 6.54 Å². The number of fused-ring (bicyclic) bond motifs is 1. The van der Waals surface area contributed by atoms with Gasteiger partial charge in [-0.2, -0.15) is 0 Å². The van der Waals surface area contributed by atoms with Gasteiger partial charge in [-0.1, -0.05) is 42.8 Å². The fourth-order valence-corrected chi connectivity index (χ4v) is 4.67. The summed E-state index contributed by atoms with van der Waals surface area (Å²) in [5.41, 5.74) is 2.33. The molecule has 0 spiro atoms. The molecule has 2 aliphatic rings. The molecule has 2 aromatic carbocycles. The monoisotopic (exact) mass is 364 g/mol. The van der Waals surface area contributed by atoms with Crippen LogP contribution in [0.4, 0.5) is 0 Å². The van der Waals surface area contributed by atoms with Gasteiger partial charge in [0.2, 0.25) is 0 Å². The number of piperidine rings is 2. The Balaban J connectivity index is 1.47. The van der Waals surface area contributed by atoms with Crippen LogP contribution in [0.3, 0.4) is 0 Å². The van der Waals surface area contributed by atoms with Crippen molar-refractivity contribution in [1.82, 2.24) is 10.2 Å². The van der Waals surface area contributed by atoms with Gasteiger partial charge in [-0.3, -0.25) is 9.69 Å². The molecule has 0 saturated carbocycles. The molecule has 1 amide bonds. The molecule has 0 unspecified atom stereocenters. The van der Waals surface area contributed by atoms with Crippen molar-refractivity contribution >= 4 is 5.91 Å². The number of nitrogens with zero attached hydrogens (tertiary/aromatic N) is 1. The predicted molar refractivity (Wildman–Crippen MR) is 108 cm³/mol. The van der Waals surface area contributed by atoms with Gasteiger partial charge in [-0.15, -0.1) is 0 Å². The first-order chi connectivity index (χ1) is 13.1. The van der Waals surface area contributed by atoms with Crippen molar-refractivity contribution in [3.63, 3.8) is 0 Å². The Morgan fingerprint density at radius 2 is 1.89 bits per heavy atom. The molecule has 0 aliphatic carbocycles. The van der Waals surface area contributed by atoms with Crippen LogP contribution in [0, 0.1) is 0 Å². The lowest BCUT2D eigenvalue weighted by atomic mass is 9.87. The maximum atomic E-state index is 12.9. The van der Waals surface area contributed by atoms with E-state index in [-0.39, 0.29) is 17.7 Å². The molecule has 3 atom stereocenters. The summed E-state index contributed by atoms with van der Waals surface area (Å²) in [6, 6.07) is 16.6. The first kappa shape index (κ1) is 18.1. The van der Waals surface area contributed by atoms with Crippen molar-refractivity contribution in [2.24, 2.45) is 0 Å². The third kappa shape index (κ3) is 3.86. The summed E-state index contributed by atoms with van der Waals surface area (Å²) in [7, 11) is 0. The van der Waals surface area contributed by atoms with E-state index < -0.39 is 0 Å². The molecule has 2 N–H and O–H groups in total. The normalized spacial score (nSPS) is 25.6. The zero-order chi connectivity index (χ0) is 18.8. The highest BCUT2D eigenvalue weighted by molar-refractivity contribution is 5.98. The summed E-state index contributed by atoms with van der Waals surface area (Å²) in [6.07, 6.45) is 5.78. The van der Waals surface area contributed by atoms with Crippen molar-refractivity contribution < 1.29 is 9.90 Å². The van der Waals surface area contributed by atoms with Gasteiger partial charge in [0.1, 0.15) is 5.75 Å². The van der Waals surface area contributed by atoms with Gasteiger partial charge in [0.05, 0.1) is 5.56 Å². The maximum absolute atomic E-state index is 12.9. The standard InChI is InChI=1S/C23H28N2O2/c1-16-6-5-9-20-15-19(12-13-25(16)20)24-23(27)21-14-18(10-11-22(21)26)17-7-3-2-4-8-17/h2-4,7-8,10-11,14,16,19-20,26H,5-6,9,12-13,15H2,1H3,(H,24,27)/t16-,19+,20-/m1/s1. The van der Waals surface area contributed by atoms with Crippen molar-refractivity contribution in [3.8, 4) is 16.9 Å². The number of benzene rings is 2. The molecule has 4 nitrogen and oxygen atoms in total. The van der Waals surface area contributed by atoms with E-state index in [4.69, 9.17) is 0 Å². The van der Waals surface area contributed by atoms with E-state index in [0.29, 0.717) is 17.6 Å². The average Bonchev–Trinajstić information content (AvgIpc) is 2.69. The van der Waals surface area contributed by atoms with Crippen molar-refractivity contribution in [2.45, 2.75) is 57.2 Å². The van der Waals surface area contributed by atoms with Crippen LogP contribution in [-0.2, 0) is 0 Å². The van der Waals surface area contributed by atoms with Crippen LogP contribution in [-0.4, -0.2) is 40.6 Å². The smallest absolute Gasteiger partial charge is 0.255 e. The molecule has 2 heterocycles. The topological polar surface area (TPSA) is 52.6 Å². The van der Waals surface area contributed by atoms with Crippen LogP contribution in [0.1, 0.15) is 49.4 Å². The van der Waals surface area contributed by atoms with Crippen LogP contribution in [0.2, 0.25) is 0 Å². The van der Waals surface area contributed by atoms with E-state index in [0.717, 1.165) is 30.5 Å². The number of carbonyl (C=O) groups excluding carboxylic acids is 1. The predicted octanol–water partition coefficient (Wildman–Crippen LogP) is 4.19. The van der Waals surface area contributed by atoms with E-state index in [1.807, 2.05) is 36.4 Å². The Morgan fingerprint density at radius 1 is 1.07 bits per heavy atom. The van der Waals surface area contributed by atoms with Crippen LogP contribution < -0.4 is 5.32 Å². The summed E-state index contributed by atoms with van der Waals surface area (Å²) in [6.45, 7) is 3.37. The molecule has 2 aliphatic heterocycles. The largest absolute Gasteiger partial charge is 0.507 e. The van der Waals surface area contributed by atoms with E-state index >= 15 is 0 Å². The number of hydrogen-bond donors (Lipinski definition) is 2. The summed E-state index contributed by atoms with van der Waals surface area (Å²) >= 11 is 0. The summed E-state index contributed by atoms with van der Waals surface area (Å²) in [4.78, 5) is 15.5. The first-order valence-corrected chi connectivity index (χ1v) is 10.1. The van der Waals surface area contributed by atoms with Crippen molar-refractivity contribution in [3.05, 3.63) is 54.1 Å². The third-order valence-electron chi connectivity index (χ3n) is 6.17. The Bertz CT molecular complexity index is 805. The maximum Gasteiger partial charge on any atom is 0.255 e. The van der Waals surface area contributed by atoms with Gasteiger partial charge in [0.25, 0.3) is 5.91 Å². The Labute approximate surface area is 161 Å². The Hall–Kier alpha value is -2.33. The number of phenolic OH excluding ortho intramolecular Hbond substituents is 1. The minimum Gasteiger partial charge on any atom is -0.507 e. The minimum atomic E-state index is -0.174. The summed E-state index contributed by atoms with van der Waals surface area (Å²) in [5.74, 6) is -0.136. The molecule has 2 fully saturated rings. The Morgan fingerprint density at radius 3 is 2.70 bits per heavy atom. The molecule has 0 bridgehead atoms. The second-order valence-electron chi connectivity index (χ2n) is 7.96. The number of rotatable bonds is 3. The van der Waals surface area contributed by atoms with Crippen LogP contribution >= 0.6 is 0 Å². The average molecular weight is 364 g/mol. The number of phenols is 1. The van der Waals surface area contributed by atoms with Gasteiger partial charge in [-0.05, 0) is 55.9 Å². The summed E-state index contributed by atoms with van der Waals surface area (Å²) < 4.78 is 0. The molecule has 27 heavy (non-hydrogen) atoms. The highest BCUT2D eigenvalue weighted by atomic mass is 16.3. The third-order valence-corrected chi connectivity index (χ3v) is 6.17. The minimum absolute atomic E-state index is 0.0379. The Kier molecular flexibility index (Phi) is 5.17. The van der Waals surface area contributed by atoms with Crippen LogP contribution in [0.15, 0.2) is 48.5 Å². The van der Waals surface area contributed by atoms with Gasteiger partial charge in [0.15, 0.2) is 0 Å². The molecular formula is C23H28N2O2.